The Hall–Kier alpha value is -1.55. The van der Waals surface area contributed by atoms with E-state index in [4.69, 9.17) is 4.74 Å². The smallest absolute Gasteiger partial charge is 0.317 e. The van der Waals surface area contributed by atoms with Crippen molar-refractivity contribution in [3.63, 3.8) is 0 Å². The first-order valence-corrected chi connectivity index (χ1v) is 8.86. The standard InChI is InChI=1S/C19H30N2O2/c1-3-23-15-17-8-7-13-21(14-17)19(22)20-12-11-16(2)18-9-5-4-6-10-18/h4-6,9-10,16-17H,3,7-8,11-15H2,1-2H3,(H,20,22)/t16-,17+/m1/s1. The molecule has 2 rings (SSSR count). The maximum atomic E-state index is 12.3. The van der Waals surface area contributed by atoms with E-state index in [2.05, 4.69) is 36.5 Å². The van der Waals surface area contributed by atoms with Crippen LogP contribution >= 0.6 is 0 Å². The molecule has 0 saturated carbocycles. The Labute approximate surface area is 140 Å². The van der Waals surface area contributed by atoms with E-state index < -0.39 is 0 Å². The molecule has 1 saturated heterocycles. The zero-order chi connectivity index (χ0) is 16.5. The van der Waals surface area contributed by atoms with Gasteiger partial charge in [-0.3, -0.25) is 0 Å². The van der Waals surface area contributed by atoms with Crippen LogP contribution in [0.2, 0.25) is 0 Å². The van der Waals surface area contributed by atoms with Crippen LogP contribution in [0.5, 0.6) is 0 Å². The minimum atomic E-state index is 0.0754. The number of hydrogen-bond donors (Lipinski definition) is 1. The molecule has 0 unspecified atom stereocenters. The van der Waals surface area contributed by atoms with Crippen molar-refractivity contribution in [3.05, 3.63) is 35.9 Å². The molecule has 0 aliphatic carbocycles. The topological polar surface area (TPSA) is 41.6 Å². The molecule has 0 radical (unpaired) electrons. The second-order valence-corrected chi connectivity index (χ2v) is 6.45. The highest BCUT2D eigenvalue weighted by molar-refractivity contribution is 5.74. The van der Waals surface area contributed by atoms with E-state index in [1.54, 1.807) is 0 Å². The molecule has 0 bridgehead atoms. The third-order valence-corrected chi connectivity index (χ3v) is 4.59. The first-order chi connectivity index (χ1) is 11.2. The fourth-order valence-corrected chi connectivity index (χ4v) is 3.13. The van der Waals surface area contributed by atoms with Crippen LogP contribution in [0, 0.1) is 5.92 Å². The maximum Gasteiger partial charge on any atom is 0.317 e. The van der Waals surface area contributed by atoms with Gasteiger partial charge in [0.25, 0.3) is 0 Å². The zero-order valence-electron chi connectivity index (χ0n) is 14.5. The third-order valence-electron chi connectivity index (χ3n) is 4.59. The molecule has 128 valence electrons. The quantitative estimate of drug-likeness (QED) is 0.834. The Bertz CT molecular complexity index is 464. The van der Waals surface area contributed by atoms with Crippen LogP contribution in [0.25, 0.3) is 0 Å². The van der Waals surface area contributed by atoms with Crippen LogP contribution in [-0.2, 0) is 4.74 Å². The molecule has 0 spiro atoms. The normalized spacial score (nSPS) is 19.4. The van der Waals surface area contributed by atoms with Crippen molar-refractivity contribution in [2.75, 3.05) is 32.8 Å². The number of nitrogens with zero attached hydrogens (tertiary/aromatic N) is 1. The van der Waals surface area contributed by atoms with Gasteiger partial charge in [0.1, 0.15) is 0 Å². The second kappa shape index (κ2) is 9.56. The minimum absolute atomic E-state index is 0.0754. The van der Waals surface area contributed by atoms with Gasteiger partial charge in [0.05, 0.1) is 6.61 Å². The van der Waals surface area contributed by atoms with E-state index in [0.29, 0.717) is 11.8 Å². The van der Waals surface area contributed by atoms with Gasteiger partial charge in [-0.05, 0) is 37.7 Å². The number of benzene rings is 1. The summed E-state index contributed by atoms with van der Waals surface area (Å²) in [4.78, 5) is 14.3. The van der Waals surface area contributed by atoms with E-state index in [0.717, 1.165) is 52.1 Å². The number of amides is 2. The summed E-state index contributed by atoms with van der Waals surface area (Å²) in [6, 6.07) is 10.5. The van der Waals surface area contributed by atoms with Crippen LogP contribution in [0.1, 0.15) is 44.6 Å². The molecule has 1 fully saturated rings. The molecule has 1 aliphatic rings. The number of carbonyl (C=O) groups excluding carboxylic acids is 1. The summed E-state index contributed by atoms with van der Waals surface area (Å²) in [7, 11) is 0. The molecule has 2 amide bonds. The van der Waals surface area contributed by atoms with Gasteiger partial charge >= 0.3 is 6.03 Å². The summed E-state index contributed by atoms with van der Waals surface area (Å²) >= 11 is 0. The fraction of sp³-hybridized carbons (Fsp3) is 0.632. The van der Waals surface area contributed by atoms with Gasteiger partial charge in [0.15, 0.2) is 0 Å². The lowest BCUT2D eigenvalue weighted by Gasteiger charge is -2.32. The Balaban J connectivity index is 1.70. The Morgan fingerprint density at radius 1 is 1.39 bits per heavy atom. The highest BCUT2D eigenvalue weighted by Crippen LogP contribution is 2.19. The van der Waals surface area contributed by atoms with Crippen molar-refractivity contribution in [2.24, 2.45) is 5.92 Å². The Kier molecular flexibility index (Phi) is 7.40. The van der Waals surface area contributed by atoms with E-state index >= 15 is 0 Å². The maximum absolute atomic E-state index is 12.3. The predicted molar refractivity (Wildman–Crippen MR) is 93.7 cm³/mol. The summed E-state index contributed by atoms with van der Waals surface area (Å²) in [5.74, 6) is 0.946. The molecular formula is C19H30N2O2. The van der Waals surface area contributed by atoms with E-state index in [9.17, 15) is 4.79 Å². The molecule has 2 atom stereocenters. The van der Waals surface area contributed by atoms with E-state index in [1.807, 2.05) is 17.9 Å². The van der Waals surface area contributed by atoms with Crippen molar-refractivity contribution in [1.82, 2.24) is 10.2 Å². The SMILES string of the molecule is CCOC[C@H]1CCCN(C(=O)NCC[C@@H](C)c2ccccc2)C1. The average Bonchev–Trinajstić information content (AvgIpc) is 2.60. The number of nitrogens with one attached hydrogen (secondary N) is 1. The summed E-state index contributed by atoms with van der Waals surface area (Å²) < 4.78 is 5.50. The number of hydrogen-bond acceptors (Lipinski definition) is 2. The monoisotopic (exact) mass is 318 g/mol. The zero-order valence-corrected chi connectivity index (χ0v) is 14.5. The Morgan fingerprint density at radius 3 is 2.91 bits per heavy atom. The second-order valence-electron chi connectivity index (χ2n) is 6.45. The predicted octanol–water partition coefficient (Wildman–Crippen LogP) is 3.64. The van der Waals surface area contributed by atoms with Crippen molar-refractivity contribution < 1.29 is 9.53 Å². The first-order valence-electron chi connectivity index (χ1n) is 8.86. The average molecular weight is 318 g/mol. The number of likely N-dealkylation sites (tertiary alicyclic amines) is 1. The van der Waals surface area contributed by atoms with Crippen molar-refractivity contribution >= 4 is 6.03 Å². The molecule has 4 heteroatoms. The number of urea groups is 1. The van der Waals surface area contributed by atoms with Crippen LogP contribution in [0.15, 0.2) is 30.3 Å². The molecule has 4 nitrogen and oxygen atoms in total. The molecule has 1 aromatic rings. The lowest BCUT2D eigenvalue weighted by atomic mass is 9.98. The molecule has 1 aromatic carbocycles. The van der Waals surface area contributed by atoms with Crippen LogP contribution in [-0.4, -0.2) is 43.8 Å². The largest absolute Gasteiger partial charge is 0.381 e. The number of ether oxygens (including phenoxy) is 1. The van der Waals surface area contributed by atoms with Crippen LogP contribution in [0.3, 0.4) is 0 Å². The summed E-state index contributed by atoms with van der Waals surface area (Å²) in [6.07, 6.45) is 3.20. The first kappa shape index (κ1) is 17.8. The van der Waals surface area contributed by atoms with Crippen molar-refractivity contribution in [3.8, 4) is 0 Å². The van der Waals surface area contributed by atoms with Gasteiger partial charge < -0.3 is 15.0 Å². The van der Waals surface area contributed by atoms with Gasteiger partial charge in [-0.15, -0.1) is 0 Å². The van der Waals surface area contributed by atoms with E-state index in [1.165, 1.54) is 5.56 Å². The van der Waals surface area contributed by atoms with Gasteiger partial charge in [0.2, 0.25) is 0 Å². The Morgan fingerprint density at radius 2 is 2.17 bits per heavy atom. The molecule has 1 N–H and O–H groups in total. The molecule has 1 heterocycles. The minimum Gasteiger partial charge on any atom is -0.381 e. The third kappa shape index (κ3) is 5.87. The summed E-state index contributed by atoms with van der Waals surface area (Å²) in [5.41, 5.74) is 1.33. The van der Waals surface area contributed by atoms with Crippen molar-refractivity contribution in [1.29, 1.82) is 0 Å². The van der Waals surface area contributed by atoms with Crippen LogP contribution in [0.4, 0.5) is 4.79 Å². The van der Waals surface area contributed by atoms with Crippen molar-refractivity contribution in [2.45, 2.75) is 39.0 Å². The highest BCUT2D eigenvalue weighted by Gasteiger charge is 2.23. The summed E-state index contributed by atoms with van der Waals surface area (Å²) in [6.45, 7) is 8.15. The number of piperidine rings is 1. The highest BCUT2D eigenvalue weighted by atomic mass is 16.5. The summed E-state index contributed by atoms with van der Waals surface area (Å²) in [5, 5.41) is 3.08. The lowest BCUT2D eigenvalue weighted by Crippen LogP contribution is -2.46. The number of carbonyl (C=O) groups is 1. The van der Waals surface area contributed by atoms with Gasteiger partial charge in [-0.2, -0.15) is 0 Å². The van der Waals surface area contributed by atoms with Gasteiger partial charge in [-0.1, -0.05) is 37.3 Å². The number of rotatable bonds is 7. The van der Waals surface area contributed by atoms with E-state index in [-0.39, 0.29) is 6.03 Å². The van der Waals surface area contributed by atoms with Gasteiger partial charge in [0, 0.05) is 32.2 Å². The molecule has 1 aliphatic heterocycles. The lowest BCUT2D eigenvalue weighted by molar-refractivity contribution is 0.0756. The van der Waals surface area contributed by atoms with Gasteiger partial charge in [-0.25, -0.2) is 4.79 Å². The molecular weight excluding hydrogens is 288 g/mol. The van der Waals surface area contributed by atoms with Crippen LogP contribution < -0.4 is 5.32 Å². The fourth-order valence-electron chi connectivity index (χ4n) is 3.13. The molecule has 23 heavy (non-hydrogen) atoms. The molecule has 0 aromatic heterocycles.